The average Bonchev–Trinajstić information content (AvgIpc) is 2.98. The molecule has 2 heterocycles. The van der Waals surface area contributed by atoms with Crippen LogP contribution in [0.15, 0.2) is 36.7 Å². The summed E-state index contributed by atoms with van der Waals surface area (Å²) in [6.07, 6.45) is 4.02. The lowest BCUT2D eigenvalue weighted by atomic mass is 10.2. The van der Waals surface area contributed by atoms with Gasteiger partial charge in [-0.2, -0.15) is 5.10 Å². The van der Waals surface area contributed by atoms with E-state index >= 15 is 0 Å². The molecule has 0 fully saturated rings. The lowest BCUT2D eigenvalue weighted by Gasteiger charge is -2.06. The van der Waals surface area contributed by atoms with E-state index in [1.54, 1.807) is 6.07 Å². The Balaban J connectivity index is 1.98. The van der Waals surface area contributed by atoms with E-state index in [0.29, 0.717) is 22.6 Å². The van der Waals surface area contributed by atoms with Crippen LogP contribution in [0, 0.1) is 0 Å². The lowest BCUT2D eigenvalue weighted by Crippen LogP contribution is -2.04. The fourth-order valence-corrected chi connectivity index (χ4v) is 2.83. The van der Waals surface area contributed by atoms with Gasteiger partial charge in [-0.05, 0) is 38.1 Å². The van der Waals surface area contributed by atoms with Crippen LogP contribution < -0.4 is 0 Å². The predicted molar refractivity (Wildman–Crippen MR) is 83.7 cm³/mol. The summed E-state index contributed by atoms with van der Waals surface area (Å²) in [7, 11) is 0. The number of benzene rings is 1. The van der Waals surface area contributed by atoms with E-state index in [0.717, 1.165) is 16.6 Å². The molecule has 0 aliphatic carbocycles. The number of hydrogen-bond acceptors (Lipinski definition) is 1. The van der Waals surface area contributed by atoms with Gasteiger partial charge in [0.05, 0.1) is 22.8 Å². The molecular weight excluding hydrogens is 293 g/mol. The Morgan fingerprint density at radius 3 is 2.65 bits per heavy atom. The van der Waals surface area contributed by atoms with Gasteiger partial charge in [0.2, 0.25) is 0 Å². The van der Waals surface area contributed by atoms with Crippen LogP contribution >= 0.6 is 23.2 Å². The highest BCUT2D eigenvalue weighted by Crippen LogP contribution is 2.29. The van der Waals surface area contributed by atoms with Gasteiger partial charge in [0.1, 0.15) is 0 Å². The van der Waals surface area contributed by atoms with Crippen LogP contribution in [0.4, 0.5) is 0 Å². The van der Waals surface area contributed by atoms with Gasteiger partial charge >= 0.3 is 0 Å². The average molecular weight is 308 g/mol. The van der Waals surface area contributed by atoms with Crippen molar-refractivity contribution in [1.29, 1.82) is 0 Å². The molecule has 20 heavy (non-hydrogen) atoms. The molecule has 0 unspecified atom stereocenters. The highest BCUT2D eigenvalue weighted by atomic mass is 35.5. The molecule has 3 rings (SSSR count). The second-order valence-electron chi connectivity index (χ2n) is 5.14. The van der Waals surface area contributed by atoms with Crippen LogP contribution in [-0.2, 0) is 6.54 Å². The van der Waals surface area contributed by atoms with Gasteiger partial charge in [-0.15, -0.1) is 0 Å². The summed E-state index contributed by atoms with van der Waals surface area (Å²) in [5, 5.41) is 6.91. The van der Waals surface area contributed by atoms with Crippen LogP contribution in [0.25, 0.3) is 10.9 Å². The van der Waals surface area contributed by atoms with Gasteiger partial charge in [-0.3, -0.25) is 4.68 Å². The maximum absolute atomic E-state index is 6.21. The smallest absolute Gasteiger partial charge is 0.0821 e. The molecule has 104 valence electrons. The zero-order chi connectivity index (χ0) is 14.3. The highest BCUT2D eigenvalue weighted by molar-refractivity contribution is 6.38. The van der Waals surface area contributed by atoms with Crippen LogP contribution in [0.5, 0.6) is 0 Å². The molecule has 0 aliphatic rings. The summed E-state index contributed by atoms with van der Waals surface area (Å²) in [6.45, 7) is 4.93. The highest BCUT2D eigenvalue weighted by Gasteiger charge is 2.08. The summed E-state index contributed by atoms with van der Waals surface area (Å²) < 4.78 is 4.07. The summed E-state index contributed by atoms with van der Waals surface area (Å²) in [5.41, 5.74) is 2.05. The molecule has 0 aliphatic heterocycles. The van der Waals surface area contributed by atoms with E-state index in [-0.39, 0.29) is 0 Å². The maximum Gasteiger partial charge on any atom is 0.0821 e. The minimum absolute atomic E-state index is 0.369. The van der Waals surface area contributed by atoms with Crippen molar-refractivity contribution in [1.82, 2.24) is 14.3 Å². The van der Waals surface area contributed by atoms with Crippen LogP contribution in [-0.4, -0.2) is 14.3 Å². The van der Waals surface area contributed by atoms with Crippen LogP contribution in [0.1, 0.15) is 25.6 Å². The molecule has 0 N–H and O–H groups in total. The first-order valence-corrected chi connectivity index (χ1v) is 7.28. The van der Waals surface area contributed by atoms with E-state index < -0.39 is 0 Å². The monoisotopic (exact) mass is 307 g/mol. The van der Waals surface area contributed by atoms with Crippen molar-refractivity contribution in [2.75, 3.05) is 0 Å². The normalized spacial score (nSPS) is 11.7. The third-order valence-electron chi connectivity index (χ3n) is 3.33. The molecule has 0 saturated heterocycles. The summed E-state index contributed by atoms with van der Waals surface area (Å²) in [6, 6.07) is 8.12. The molecule has 0 spiro atoms. The van der Waals surface area contributed by atoms with Gasteiger partial charge in [0.25, 0.3) is 0 Å². The predicted octanol–water partition coefficient (Wildman–Crippen LogP) is 4.77. The first-order valence-electron chi connectivity index (χ1n) is 6.52. The Morgan fingerprint density at radius 1 is 1.15 bits per heavy atom. The third kappa shape index (κ3) is 2.43. The van der Waals surface area contributed by atoms with Crippen LogP contribution in [0.2, 0.25) is 10.0 Å². The van der Waals surface area contributed by atoms with Gasteiger partial charge in [0.15, 0.2) is 0 Å². The number of fused-ring (bicyclic) bond motifs is 1. The SMILES string of the molecule is CC(C)n1ccc(Cn2ccc3c(Cl)cc(Cl)cc32)n1. The number of nitrogens with zero attached hydrogens (tertiary/aromatic N) is 3. The largest absolute Gasteiger partial charge is 0.341 e. The molecule has 2 aromatic heterocycles. The van der Waals surface area contributed by atoms with Crippen molar-refractivity contribution in [3.05, 3.63) is 52.4 Å². The van der Waals surface area contributed by atoms with Gasteiger partial charge < -0.3 is 4.57 Å². The Morgan fingerprint density at radius 2 is 1.95 bits per heavy atom. The second kappa shape index (κ2) is 5.15. The Bertz CT molecular complexity index is 756. The zero-order valence-electron chi connectivity index (χ0n) is 11.3. The first-order chi connectivity index (χ1) is 9.54. The van der Waals surface area contributed by atoms with Crippen molar-refractivity contribution >= 4 is 34.1 Å². The van der Waals surface area contributed by atoms with E-state index in [1.165, 1.54) is 0 Å². The molecule has 0 bridgehead atoms. The number of hydrogen-bond donors (Lipinski definition) is 0. The fraction of sp³-hybridized carbons (Fsp3) is 0.267. The second-order valence-corrected chi connectivity index (χ2v) is 5.99. The van der Waals surface area contributed by atoms with Gasteiger partial charge in [0, 0.05) is 28.8 Å². The van der Waals surface area contributed by atoms with E-state index in [2.05, 4.69) is 23.5 Å². The molecule has 0 atom stereocenters. The first kappa shape index (κ1) is 13.5. The molecule has 3 nitrogen and oxygen atoms in total. The van der Waals surface area contributed by atoms with E-state index in [9.17, 15) is 0 Å². The van der Waals surface area contributed by atoms with Gasteiger partial charge in [-0.25, -0.2) is 0 Å². The standard InChI is InChI=1S/C15H15Cl2N3/c1-10(2)20-6-3-12(18-20)9-19-5-4-13-14(17)7-11(16)8-15(13)19/h3-8,10H,9H2,1-2H3. The van der Waals surface area contributed by atoms with Crippen molar-refractivity contribution < 1.29 is 0 Å². The minimum Gasteiger partial charge on any atom is -0.341 e. The molecule has 0 amide bonds. The van der Waals surface area contributed by atoms with Crippen molar-refractivity contribution in [3.8, 4) is 0 Å². The lowest BCUT2D eigenvalue weighted by molar-refractivity contribution is 0.524. The van der Waals surface area contributed by atoms with Crippen molar-refractivity contribution in [2.45, 2.75) is 26.4 Å². The zero-order valence-corrected chi connectivity index (χ0v) is 12.9. The fourth-order valence-electron chi connectivity index (χ4n) is 2.28. The summed E-state index contributed by atoms with van der Waals surface area (Å²) in [4.78, 5) is 0. The molecule has 0 saturated carbocycles. The number of rotatable bonds is 3. The van der Waals surface area contributed by atoms with Crippen molar-refractivity contribution in [2.24, 2.45) is 0 Å². The quantitative estimate of drug-likeness (QED) is 0.683. The van der Waals surface area contributed by atoms with E-state index in [1.807, 2.05) is 35.3 Å². The maximum atomic E-state index is 6.21. The topological polar surface area (TPSA) is 22.8 Å². The number of aromatic nitrogens is 3. The Hall–Kier alpha value is -1.45. The third-order valence-corrected chi connectivity index (χ3v) is 3.86. The molecule has 1 aromatic carbocycles. The molecule has 3 aromatic rings. The summed E-state index contributed by atoms with van der Waals surface area (Å²) in [5.74, 6) is 0. The minimum atomic E-state index is 0.369. The Labute approximate surface area is 127 Å². The van der Waals surface area contributed by atoms with E-state index in [4.69, 9.17) is 23.2 Å². The van der Waals surface area contributed by atoms with Crippen LogP contribution in [0.3, 0.4) is 0 Å². The molecule has 5 heteroatoms. The Kier molecular flexibility index (Phi) is 3.48. The summed E-state index contributed by atoms with van der Waals surface area (Å²) >= 11 is 12.3. The van der Waals surface area contributed by atoms with Crippen molar-refractivity contribution in [3.63, 3.8) is 0 Å². The molecule has 0 radical (unpaired) electrons. The molecular formula is C15H15Cl2N3. The number of halogens is 2. The van der Waals surface area contributed by atoms with Gasteiger partial charge in [-0.1, -0.05) is 23.2 Å².